The fourth-order valence-electron chi connectivity index (χ4n) is 1.46. The van der Waals surface area contributed by atoms with Crippen LogP contribution >= 0.6 is 0 Å². The van der Waals surface area contributed by atoms with E-state index in [0.717, 1.165) is 0 Å². The van der Waals surface area contributed by atoms with E-state index in [1.54, 1.807) is 31.6 Å². The molecule has 0 aliphatic heterocycles. The molecule has 18 heavy (non-hydrogen) atoms. The van der Waals surface area contributed by atoms with Gasteiger partial charge < -0.3 is 10.2 Å². The van der Waals surface area contributed by atoms with Gasteiger partial charge in [-0.3, -0.25) is 14.6 Å². The molecular weight excluding hydrogens is 230 g/mol. The van der Waals surface area contributed by atoms with E-state index in [0.29, 0.717) is 5.56 Å². The number of hydrogen-bond acceptors (Lipinski definition) is 3. The fraction of sp³-hybridized carbons (Fsp3) is 0.462. The highest BCUT2D eigenvalue weighted by Crippen LogP contribution is 2.02. The lowest BCUT2D eigenvalue weighted by Crippen LogP contribution is -2.46. The smallest absolute Gasteiger partial charge is 0.254 e. The average molecular weight is 249 g/mol. The van der Waals surface area contributed by atoms with Crippen molar-refractivity contribution in [2.75, 3.05) is 13.6 Å². The van der Waals surface area contributed by atoms with Gasteiger partial charge in [-0.05, 0) is 32.9 Å². The summed E-state index contributed by atoms with van der Waals surface area (Å²) in [6, 6.07) is 3.25. The third kappa shape index (κ3) is 4.53. The van der Waals surface area contributed by atoms with Crippen molar-refractivity contribution in [3.05, 3.63) is 30.1 Å². The molecule has 2 amide bonds. The number of amides is 2. The summed E-state index contributed by atoms with van der Waals surface area (Å²) in [5.74, 6) is -0.367. The molecule has 1 aromatic heterocycles. The van der Waals surface area contributed by atoms with Gasteiger partial charge in [0.1, 0.15) is 0 Å². The first-order valence-corrected chi connectivity index (χ1v) is 5.76. The van der Waals surface area contributed by atoms with E-state index in [4.69, 9.17) is 0 Å². The fourth-order valence-corrected chi connectivity index (χ4v) is 1.46. The molecule has 98 valence electrons. The van der Waals surface area contributed by atoms with Gasteiger partial charge in [0.2, 0.25) is 5.91 Å². The van der Waals surface area contributed by atoms with Gasteiger partial charge in [-0.15, -0.1) is 0 Å². The van der Waals surface area contributed by atoms with Crippen molar-refractivity contribution in [3.8, 4) is 0 Å². The summed E-state index contributed by atoms with van der Waals surface area (Å²) in [6.45, 7) is 5.74. The second kappa shape index (κ2) is 5.62. The van der Waals surface area contributed by atoms with Crippen LogP contribution in [0, 0.1) is 0 Å². The van der Waals surface area contributed by atoms with Crippen LogP contribution in [0.4, 0.5) is 0 Å². The van der Waals surface area contributed by atoms with E-state index in [9.17, 15) is 9.59 Å². The number of hydrogen-bond donors (Lipinski definition) is 1. The SMILES string of the molecule is CN(CC(=O)NC(C)(C)C)C(=O)c1ccncc1. The van der Waals surface area contributed by atoms with Crippen molar-refractivity contribution >= 4 is 11.8 Å². The zero-order valence-electron chi connectivity index (χ0n) is 11.2. The van der Waals surface area contributed by atoms with Gasteiger partial charge in [0, 0.05) is 30.5 Å². The van der Waals surface area contributed by atoms with Gasteiger partial charge in [0.15, 0.2) is 0 Å². The van der Waals surface area contributed by atoms with Crippen LogP contribution in [0.1, 0.15) is 31.1 Å². The Balaban J connectivity index is 2.59. The monoisotopic (exact) mass is 249 g/mol. The number of nitrogens with one attached hydrogen (secondary N) is 1. The lowest BCUT2D eigenvalue weighted by atomic mass is 10.1. The summed E-state index contributed by atoms with van der Waals surface area (Å²) in [7, 11) is 1.60. The number of carbonyl (C=O) groups is 2. The molecular formula is C13H19N3O2. The van der Waals surface area contributed by atoms with Gasteiger partial charge in [0.25, 0.3) is 5.91 Å². The third-order valence-corrected chi connectivity index (χ3v) is 2.17. The third-order valence-electron chi connectivity index (χ3n) is 2.17. The molecule has 0 atom stereocenters. The lowest BCUT2D eigenvalue weighted by molar-refractivity contribution is -0.122. The van der Waals surface area contributed by atoms with Gasteiger partial charge in [-0.25, -0.2) is 0 Å². The molecule has 1 aromatic rings. The molecule has 1 heterocycles. The molecule has 0 unspecified atom stereocenters. The Hall–Kier alpha value is -1.91. The molecule has 0 aliphatic carbocycles. The van der Waals surface area contributed by atoms with Gasteiger partial charge in [0.05, 0.1) is 6.54 Å². The minimum Gasteiger partial charge on any atom is -0.350 e. The van der Waals surface area contributed by atoms with E-state index >= 15 is 0 Å². The van der Waals surface area contributed by atoms with Gasteiger partial charge in [-0.1, -0.05) is 0 Å². The summed E-state index contributed by atoms with van der Waals surface area (Å²) in [5.41, 5.74) is 0.230. The van der Waals surface area contributed by atoms with E-state index < -0.39 is 0 Å². The maximum absolute atomic E-state index is 12.0. The molecule has 0 spiro atoms. The molecule has 0 saturated heterocycles. The summed E-state index contributed by atoms with van der Waals surface area (Å²) < 4.78 is 0. The molecule has 1 rings (SSSR count). The number of nitrogens with zero attached hydrogens (tertiary/aromatic N) is 2. The predicted octanol–water partition coefficient (Wildman–Crippen LogP) is 1.07. The van der Waals surface area contributed by atoms with Crippen molar-refractivity contribution < 1.29 is 9.59 Å². The minimum atomic E-state index is -0.294. The van der Waals surface area contributed by atoms with Crippen LogP contribution in [0.15, 0.2) is 24.5 Å². The molecule has 0 saturated carbocycles. The standard InChI is InChI=1S/C13H19N3O2/c1-13(2,3)15-11(17)9-16(4)12(18)10-5-7-14-8-6-10/h5-8H,9H2,1-4H3,(H,15,17). The highest BCUT2D eigenvalue weighted by molar-refractivity contribution is 5.96. The van der Waals surface area contributed by atoms with Crippen LogP contribution < -0.4 is 5.32 Å². The number of aromatic nitrogens is 1. The maximum atomic E-state index is 12.0. The summed E-state index contributed by atoms with van der Waals surface area (Å²) >= 11 is 0. The van der Waals surface area contributed by atoms with Crippen molar-refractivity contribution in [1.29, 1.82) is 0 Å². The Labute approximate surface area is 107 Å². The first kappa shape index (κ1) is 14.2. The second-order valence-corrected chi connectivity index (χ2v) is 5.20. The van der Waals surface area contributed by atoms with Gasteiger partial charge in [-0.2, -0.15) is 0 Å². The van der Waals surface area contributed by atoms with Crippen LogP contribution in [0.5, 0.6) is 0 Å². The van der Waals surface area contributed by atoms with E-state index in [2.05, 4.69) is 10.3 Å². The average Bonchev–Trinajstić information content (AvgIpc) is 2.26. The summed E-state index contributed by atoms with van der Waals surface area (Å²) in [5, 5.41) is 2.81. The molecule has 5 nitrogen and oxygen atoms in total. The Morgan fingerprint density at radius 1 is 1.28 bits per heavy atom. The highest BCUT2D eigenvalue weighted by Gasteiger charge is 2.18. The second-order valence-electron chi connectivity index (χ2n) is 5.20. The number of pyridine rings is 1. The van der Waals surface area contributed by atoms with E-state index in [1.165, 1.54) is 4.90 Å². The molecule has 5 heteroatoms. The number of carbonyl (C=O) groups excluding carboxylic acids is 2. The molecule has 1 N–H and O–H groups in total. The van der Waals surface area contributed by atoms with Crippen molar-refractivity contribution in [2.24, 2.45) is 0 Å². The molecule has 0 aromatic carbocycles. The normalized spacial score (nSPS) is 10.9. The van der Waals surface area contributed by atoms with Crippen LogP contribution in [0.3, 0.4) is 0 Å². The Bertz CT molecular complexity index is 424. The van der Waals surface area contributed by atoms with Crippen LogP contribution in [-0.4, -0.2) is 40.8 Å². The molecule has 0 fully saturated rings. The number of likely N-dealkylation sites (N-methyl/N-ethyl adjacent to an activating group) is 1. The largest absolute Gasteiger partial charge is 0.350 e. The van der Waals surface area contributed by atoms with Gasteiger partial charge >= 0.3 is 0 Å². The highest BCUT2D eigenvalue weighted by atomic mass is 16.2. The Morgan fingerprint density at radius 2 is 1.83 bits per heavy atom. The first-order chi connectivity index (χ1) is 8.29. The quantitative estimate of drug-likeness (QED) is 0.871. The van der Waals surface area contributed by atoms with E-state index in [-0.39, 0.29) is 23.9 Å². The predicted molar refractivity (Wildman–Crippen MR) is 69.1 cm³/mol. The Morgan fingerprint density at radius 3 is 2.33 bits per heavy atom. The summed E-state index contributed by atoms with van der Waals surface area (Å²) in [4.78, 5) is 28.9. The first-order valence-electron chi connectivity index (χ1n) is 5.76. The van der Waals surface area contributed by atoms with E-state index in [1.807, 2.05) is 20.8 Å². The van der Waals surface area contributed by atoms with Crippen LogP contribution in [-0.2, 0) is 4.79 Å². The molecule has 0 aliphatic rings. The van der Waals surface area contributed by atoms with Crippen molar-refractivity contribution in [3.63, 3.8) is 0 Å². The topological polar surface area (TPSA) is 62.3 Å². The van der Waals surface area contributed by atoms with Crippen molar-refractivity contribution in [1.82, 2.24) is 15.2 Å². The molecule has 0 bridgehead atoms. The minimum absolute atomic E-state index is 0.0401. The lowest BCUT2D eigenvalue weighted by Gasteiger charge is -2.23. The summed E-state index contributed by atoms with van der Waals surface area (Å²) in [6.07, 6.45) is 3.10. The zero-order valence-corrected chi connectivity index (χ0v) is 11.2. The molecule has 0 radical (unpaired) electrons. The Kier molecular flexibility index (Phi) is 4.42. The number of rotatable bonds is 3. The van der Waals surface area contributed by atoms with Crippen molar-refractivity contribution in [2.45, 2.75) is 26.3 Å². The maximum Gasteiger partial charge on any atom is 0.254 e. The van der Waals surface area contributed by atoms with Crippen LogP contribution in [0.25, 0.3) is 0 Å². The zero-order chi connectivity index (χ0) is 13.8. The van der Waals surface area contributed by atoms with Crippen LogP contribution in [0.2, 0.25) is 0 Å².